The number of carbonyl (C=O) groups is 6. The van der Waals surface area contributed by atoms with Gasteiger partial charge in [0.1, 0.15) is 17.8 Å². The van der Waals surface area contributed by atoms with Crippen LogP contribution < -0.4 is 26.4 Å². The molecule has 4 amide bonds. The molecule has 0 fully saturated rings. The number of thioether (sulfide) groups is 1. The number of methoxy groups -OCH3 is 1. The van der Waals surface area contributed by atoms with Gasteiger partial charge in [-0.25, -0.2) is 4.79 Å². The lowest BCUT2D eigenvalue weighted by Gasteiger charge is -2.32. The Morgan fingerprint density at radius 3 is 2.19 bits per heavy atom. The Hall–Kier alpha value is -4.63. The monoisotopic (exact) mass is 771 g/mol. The Morgan fingerprint density at radius 2 is 1.56 bits per heavy atom. The van der Waals surface area contributed by atoms with Gasteiger partial charge in [-0.3, -0.25) is 24.0 Å². The molecular formula is C39H57N5O9S. The normalized spacial score (nSPS) is 12.5. The molecule has 0 bridgehead atoms. The van der Waals surface area contributed by atoms with Gasteiger partial charge < -0.3 is 40.8 Å². The molecule has 5 N–H and O–H groups in total. The predicted octanol–water partition coefficient (Wildman–Crippen LogP) is 3.39. The quantitative estimate of drug-likeness (QED) is 0.0694. The van der Waals surface area contributed by atoms with Crippen molar-refractivity contribution >= 4 is 47.5 Å². The van der Waals surface area contributed by atoms with Gasteiger partial charge in [0.25, 0.3) is 0 Å². The van der Waals surface area contributed by atoms with Crippen molar-refractivity contribution in [2.75, 3.05) is 45.4 Å². The fourth-order valence-electron chi connectivity index (χ4n) is 5.39. The van der Waals surface area contributed by atoms with Crippen molar-refractivity contribution in [2.45, 2.75) is 83.8 Å². The molecule has 54 heavy (non-hydrogen) atoms. The molecule has 0 spiro atoms. The third-order valence-electron chi connectivity index (χ3n) is 8.27. The summed E-state index contributed by atoms with van der Waals surface area (Å²) in [4.78, 5) is 78.1. The number of rotatable bonds is 24. The Balaban J connectivity index is 2.01. The van der Waals surface area contributed by atoms with E-state index in [9.17, 15) is 28.8 Å². The largest absolute Gasteiger partial charge is 0.513 e. The smallest absolute Gasteiger partial charge is 0.469 e. The summed E-state index contributed by atoms with van der Waals surface area (Å²) < 4.78 is 14.9. The van der Waals surface area contributed by atoms with Crippen molar-refractivity contribution in [3.8, 4) is 5.75 Å². The zero-order valence-corrected chi connectivity index (χ0v) is 32.9. The number of carbonyl (C=O) groups excluding carboxylic acids is 6. The second-order valence-corrected chi connectivity index (χ2v) is 14.1. The third-order valence-corrected chi connectivity index (χ3v) is 8.92. The average Bonchev–Trinajstić information content (AvgIpc) is 3.16. The van der Waals surface area contributed by atoms with Crippen molar-refractivity contribution in [1.29, 1.82) is 0 Å². The summed E-state index contributed by atoms with van der Waals surface area (Å²) in [6.07, 6.45) is 4.15. The first-order chi connectivity index (χ1) is 25.9. The summed E-state index contributed by atoms with van der Waals surface area (Å²) in [6.45, 7) is 6.00. The maximum absolute atomic E-state index is 13.6. The molecule has 0 aromatic heterocycles. The van der Waals surface area contributed by atoms with E-state index in [1.165, 1.54) is 23.8 Å². The third kappa shape index (κ3) is 17.5. The maximum atomic E-state index is 13.6. The standard InChI is InChI=1S/C39H57N5O9S/c1-6-44(38(49)31(40)23-29-16-18-30(19-17-29)53-39(50)52-26-27(2)3)33(20-22-54-5)37(48)42-25-34(45)43-32(24-28-13-9-7-10-14-28)36(47)41-21-12-8-11-15-35(46)51-4/h7,9-10,13-14,16-19,27,31-33H,6,8,11-12,15,20-26,40H2,1-5H3,(H,41,47)(H,42,48)(H,43,45)/t31-,32-,33+/m0/s1. The predicted molar refractivity (Wildman–Crippen MR) is 208 cm³/mol. The van der Waals surface area contributed by atoms with E-state index < -0.39 is 48.5 Å². The second-order valence-electron chi connectivity index (χ2n) is 13.1. The van der Waals surface area contributed by atoms with E-state index in [-0.39, 0.29) is 49.5 Å². The number of nitrogens with zero attached hydrogens (tertiary/aromatic N) is 1. The van der Waals surface area contributed by atoms with E-state index in [0.717, 1.165) is 17.5 Å². The van der Waals surface area contributed by atoms with E-state index in [4.69, 9.17) is 15.2 Å². The zero-order chi connectivity index (χ0) is 39.9. The minimum absolute atomic E-state index is 0.171. The van der Waals surface area contributed by atoms with Crippen molar-refractivity contribution in [1.82, 2.24) is 20.9 Å². The van der Waals surface area contributed by atoms with Crippen molar-refractivity contribution in [2.24, 2.45) is 11.7 Å². The number of unbranched alkanes of at least 4 members (excludes halogenated alkanes) is 2. The summed E-state index contributed by atoms with van der Waals surface area (Å²) in [5.41, 5.74) is 7.94. The highest BCUT2D eigenvalue weighted by Gasteiger charge is 2.32. The molecule has 298 valence electrons. The molecule has 0 radical (unpaired) electrons. The molecule has 0 heterocycles. The Morgan fingerprint density at radius 1 is 0.870 bits per heavy atom. The van der Waals surface area contributed by atoms with Crippen molar-refractivity contribution < 1.29 is 43.0 Å². The average molecular weight is 772 g/mol. The number of hydrogen-bond acceptors (Lipinski definition) is 11. The number of nitrogens with two attached hydrogens (primary N) is 1. The highest BCUT2D eigenvalue weighted by Crippen LogP contribution is 2.16. The lowest BCUT2D eigenvalue weighted by Crippen LogP contribution is -2.56. The van der Waals surface area contributed by atoms with Gasteiger partial charge in [-0.05, 0) is 73.8 Å². The highest BCUT2D eigenvalue weighted by atomic mass is 32.2. The SMILES string of the molecule is CCN(C(=O)[C@@H](N)Cc1ccc(OC(=O)OCC(C)C)cc1)[C@H](CCSC)C(=O)NCC(=O)N[C@@H](Cc1ccccc1)C(=O)NCCCCCC(=O)OC. The second kappa shape index (κ2) is 25.4. The van der Waals surface area contributed by atoms with Gasteiger partial charge >= 0.3 is 12.1 Å². The molecule has 2 aromatic carbocycles. The van der Waals surface area contributed by atoms with Gasteiger partial charge in [0, 0.05) is 25.9 Å². The minimum Gasteiger partial charge on any atom is -0.469 e. The summed E-state index contributed by atoms with van der Waals surface area (Å²) >= 11 is 1.52. The molecular weight excluding hydrogens is 715 g/mol. The van der Waals surface area contributed by atoms with Crippen LogP contribution in [0.1, 0.15) is 64.0 Å². The molecule has 15 heteroatoms. The summed E-state index contributed by atoms with van der Waals surface area (Å²) in [7, 11) is 1.34. The van der Waals surface area contributed by atoms with Gasteiger partial charge in [0.05, 0.1) is 26.3 Å². The number of ether oxygens (including phenoxy) is 3. The number of hydrogen-bond donors (Lipinski definition) is 4. The first kappa shape index (κ1) is 45.5. The van der Waals surface area contributed by atoms with E-state index in [0.29, 0.717) is 38.0 Å². The Labute approximate surface area is 323 Å². The topological polar surface area (TPSA) is 195 Å². The van der Waals surface area contributed by atoms with E-state index in [1.54, 1.807) is 31.2 Å². The highest BCUT2D eigenvalue weighted by molar-refractivity contribution is 7.98. The molecule has 0 saturated carbocycles. The molecule has 2 rings (SSSR count). The van der Waals surface area contributed by atoms with Crippen LogP contribution in [0.5, 0.6) is 5.75 Å². The lowest BCUT2D eigenvalue weighted by molar-refractivity contribution is -0.141. The van der Waals surface area contributed by atoms with Crippen molar-refractivity contribution in [3.05, 3.63) is 65.7 Å². The van der Waals surface area contributed by atoms with Crippen LogP contribution >= 0.6 is 11.8 Å². The van der Waals surface area contributed by atoms with Gasteiger partial charge in [0.15, 0.2) is 0 Å². The van der Waals surface area contributed by atoms with Crippen LogP contribution in [0.3, 0.4) is 0 Å². The van der Waals surface area contributed by atoms with E-state index in [2.05, 4.69) is 20.7 Å². The molecule has 2 aromatic rings. The van der Waals surface area contributed by atoms with Crippen LogP contribution in [0.25, 0.3) is 0 Å². The Bertz CT molecular complexity index is 1480. The van der Waals surface area contributed by atoms with Gasteiger partial charge in [-0.2, -0.15) is 11.8 Å². The molecule has 0 saturated heterocycles. The number of nitrogens with one attached hydrogen (secondary N) is 3. The number of benzene rings is 2. The number of likely N-dealkylation sites (N-methyl/N-ethyl adjacent to an activating group) is 1. The summed E-state index contributed by atoms with van der Waals surface area (Å²) in [6, 6.07) is 13.1. The fourth-order valence-corrected chi connectivity index (χ4v) is 5.85. The number of amides is 4. The lowest BCUT2D eigenvalue weighted by atomic mass is 10.0. The Kier molecular flexibility index (Phi) is 21.4. The fraction of sp³-hybridized carbons (Fsp3) is 0.538. The summed E-state index contributed by atoms with van der Waals surface area (Å²) in [5.74, 6) is -1.11. The van der Waals surface area contributed by atoms with Gasteiger partial charge in [-0.15, -0.1) is 0 Å². The van der Waals surface area contributed by atoms with Crippen LogP contribution in [-0.2, 0) is 46.3 Å². The molecule has 0 aliphatic carbocycles. The van der Waals surface area contributed by atoms with E-state index >= 15 is 0 Å². The molecule has 0 aliphatic rings. The minimum atomic E-state index is -0.967. The first-order valence-corrected chi connectivity index (χ1v) is 19.7. The molecule has 0 unspecified atom stereocenters. The van der Waals surface area contributed by atoms with Crippen molar-refractivity contribution in [3.63, 3.8) is 0 Å². The molecule has 14 nitrogen and oxygen atoms in total. The number of esters is 1. The zero-order valence-electron chi connectivity index (χ0n) is 32.1. The first-order valence-electron chi connectivity index (χ1n) is 18.3. The van der Waals surface area contributed by atoms with Gasteiger partial charge in [-0.1, -0.05) is 62.7 Å². The molecule has 0 aliphatic heterocycles. The molecule has 3 atom stereocenters. The van der Waals surface area contributed by atoms with Crippen LogP contribution in [0.2, 0.25) is 0 Å². The van der Waals surface area contributed by atoms with Gasteiger partial charge in [0.2, 0.25) is 23.6 Å². The van der Waals surface area contributed by atoms with E-state index in [1.807, 2.05) is 50.4 Å². The maximum Gasteiger partial charge on any atom is 0.513 e. The summed E-state index contributed by atoms with van der Waals surface area (Å²) in [5, 5.41) is 8.26. The van der Waals surface area contributed by atoms with Crippen LogP contribution in [-0.4, -0.2) is 104 Å². The van der Waals surface area contributed by atoms with Crippen LogP contribution in [0.15, 0.2) is 54.6 Å². The van der Waals surface area contributed by atoms with Crippen LogP contribution in [0.4, 0.5) is 4.79 Å². The van der Waals surface area contributed by atoms with Crippen LogP contribution in [0, 0.1) is 5.92 Å².